The predicted molar refractivity (Wildman–Crippen MR) is 89.4 cm³/mol. The van der Waals surface area contributed by atoms with Crippen molar-refractivity contribution in [2.75, 3.05) is 0 Å². The van der Waals surface area contributed by atoms with Gasteiger partial charge < -0.3 is 10.3 Å². The molecular weight excluding hydrogens is 328 g/mol. The van der Waals surface area contributed by atoms with Crippen LogP contribution in [0, 0.1) is 12.8 Å². The number of aromatic nitrogens is 4. The molecular formula is C17H19F2N5O. The fourth-order valence-electron chi connectivity index (χ4n) is 2.62. The Kier molecular flexibility index (Phi) is 4.52. The van der Waals surface area contributed by atoms with Gasteiger partial charge in [0.05, 0.1) is 17.1 Å². The number of imidazole rings is 1. The van der Waals surface area contributed by atoms with Crippen molar-refractivity contribution in [1.82, 2.24) is 25.5 Å². The van der Waals surface area contributed by atoms with Gasteiger partial charge in [0.15, 0.2) is 0 Å². The van der Waals surface area contributed by atoms with Gasteiger partial charge in [0.25, 0.3) is 12.3 Å². The number of alkyl halides is 2. The van der Waals surface area contributed by atoms with Crippen molar-refractivity contribution < 1.29 is 13.6 Å². The quantitative estimate of drug-likeness (QED) is 0.658. The second-order valence-electron chi connectivity index (χ2n) is 6.35. The van der Waals surface area contributed by atoms with Gasteiger partial charge in [-0.3, -0.25) is 9.89 Å². The predicted octanol–water partition coefficient (Wildman–Crippen LogP) is 3.66. The Labute approximate surface area is 143 Å². The lowest BCUT2D eigenvalue weighted by molar-refractivity contribution is 0.0918. The van der Waals surface area contributed by atoms with Crippen molar-refractivity contribution in [2.45, 2.75) is 33.2 Å². The van der Waals surface area contributed by atoms with Crippen LogP contribution in [0.15, 0.2) is 24.3 Å². The smallest absolute Gasteiger partial charge is 0.279 e. The molecule has 0 fully saturated rings. The number of halogens is 2. The van der Waals surface area contributed by atoms with Gasteiger partial charge in [0.1, 0.15) is 17.2 Å². The van der Waals surface area contributed by atoms with Crippen LogP contribution in [0.4, 0.5) is 8.78 Å². The summed E-state index contributed by atoms with van der Waals surface area (Å²) in [5.41, 5.74) is 2.33. The van der Waals surface area contributed by atoms with Crippen molar-refractivity contribution in [3.63, 3.8) is 0 Å². The van der Waals surface area contributed by atoms with E-state index in [0.29, 0.717) is 5.82 Å². The molecule has 1 amide bonds. The van der Waals surface area contributed by atoms with Gasteiger partial charge in [0, 0.05) is 0 Å². The summed E-state index contributed by atoms with van der Waals surface area (Å²) in [6.45, 7) is 5.87. The summed E-state index contributed by atoms with van der Waals surface area (Å²) in [5.74, 6) is 0.131. The second-order valence-corrected chi connectivity index (χ2v) is 6.35. The molecule has 0 aliphatic heterocycles. The van der Waals surface area contributed by atoms with Crippen molar-refractivity contribution in [1.29, 1.82) is 0 Å². The Morgan fingerprint density at radius 1 is 1.24 bits per heavy atom. The first-order chi connectivity index (χ1) is 11.8. The van der Waals surface area contributed by atoms with Crippen molar-refractivity contribution >= 4 is 16.9 Å². The number of nitrogens with one attached hydrogen (secondary N) is 3. The van der Waals surface area contributed by atoms with E-state index < -0.39 is 18.4 Å². The maximum atomic E-state index is 12.6. The molecule has 6 nitrogen and oxygen atoms in total. The maximum absolute atomic E-state index is 12.6. The number of aromatic amines is 2. The molecule has 0 unspecified atom stereocenters. The van der Waals surface area contributed by atoms with E-state index in [2.05, 4.69) is 25.5 Å². The first-order valence-electron chi connectivity index (χ1n) is 7.95. The average Bonchev–Trinajstić information content (AvgIpc) is 3.18. The minimum Gasteiger partial charge on any atom is -0.340 e. The molecule has 3 rings (SSSR count). The van der Waals surface area contributed by atoms with Crippen LogP contribution < -0.4 is 5.32 Å². The monoisotopic (exact) mass is 347 g/mol. The lowest BCUT2D eigenvalue weighted by atomic mass is 10.0. The van der Waals surface area contributed by atoms with Gasteiger partial charge >= 0.3 is 0 Å². The number of amides is 1. The highest BCUT2D eigenvalue weighted by atomic mass is 19.3. The molecule has 1 aromatic carbocycles. The van der Waals surface area contributed by atoms with Crippen molar-refractivity contribution in [3.8, 4) is 0 Å². The largest absolute Gasteiger partial charge is 0.340 e. The fourth-order valence-corrected chi connectivity index (χ4v) is 2.62. The molecule has 0 aliphatic rings. The Bertz CT molecular complexity index is 899. The van der Waals surface area contributed by atoms with Gasteiger partial charge in [-0.15, -0.1) is 0 Å². The maximum Gasteiger partial charge on any atom is 0.279 e. The summed E-state index contributed by atoms with van der Waals surface area (Å²) in [4.78, 5) is 20.1. The zero-order chi connectivity index (χ0) is 18.1. The standard InChI is InChI=1S/C17H19F2N5O/c1-8(2)14(16-20-10-5-4-9(3)6-11(10)21-16)22-17(25)13-7-12(15(18)19)23-24-13/h4-8,14-15H,1-3H3,(H,20,21)(H,22,25)(H,23,24)/t14-/m1/s1. The van der Waals surface area contributed by atoms with Gasteiger partial charge in [-0.05, 0) is 36.6 Å². The van der Waals surface area contributed by atoms with Gasteiger partial charge in [0.2, 0.25) is 0 Å². The summed E-state index contributed by atoms with van der Waals surface area (Å²) in [6.07, 6.45) is -2.70. The van der Waals surface area contributed by atoms with E-state index in [-0.39, 0.29) is 17.3 Å². The summed E-state index contributed by atoms with van der Waals surface area (Å²) >= 11 is 0. The highest BCUT2D eigenvalue weighted by Crippen LogP contribution is 2.23. The minimum atomic E-state index is -2.70. The molecule has 0 spiro atoms. The average molecular weight is 347 g/mol. The normalized spacial score (nSPS) is 12.9. The molecule has 0 saturated heterocycles. The van der Waals surface area contributed by atoms with Crippen LogP contribution in [0.1, 0.15) is 53.9 Å². The lowest BCUT2D eigenvalue weighted by Crippen LogP contribution is -2.32. The number of benzene rings is 1. The van der Waals surface area contributed by atoms with E-state index >= 15 is 0 Å². The number of fused-ring (bicyclic) bond motifs is 1. The van der Waals surface area contributed by atoms with E-state index in [4.69, 9.17) is 0 Å². The molecule has 0 aliphatic carbocycles. The minimum absolute atomic E-state index is 0.0409. The molecule has 0 saturated carbocycles. The fraction of sp³-hybridized carbons (Fsp3) is 0.353. The Morgan fingerprint density at radius 3 is 2.64 bits per heavy atom. The van der Waals surface area contributed by atoms with E-state index in [9.17, 15) is 13.6 Å². The Balaban J connectivity index is 1.85. The first kappa shape index (κ1) is 17.1. The molecule has 2 aromatic heterocycles. The van der Waals surface area contributed by atoms with Gasteiger partial charge in [-0.1, -0.05) is 19.9 Å². The molecule has 3 aromatic rings. The summed E-state index contributed by atoms with van der Waals surface area (Å²) in [5, 5.41) is 8.64. The summed E-state index contributed by atoms with van der Waals surface area (Å²) in [6, 6.07) is 6.51. The number of aryl methyl sites for hydroxylation is 1. The van der Waals surface area contributed by atoms with E-state index in [1.165, 1.54) is 0 Å². The molecule has 3 N–H and O–H groups in total. The van der Waals surface area contributed by atoms with Crippen molar-refractivity contribution in [3.05, 3.63) is 47.0 Å². The third-order valence-corrected chi connectivity index (χ3v) is 3.97. The Hall–Kier alpha value is -2.77. The zero-order valence-corrected chi connectivity index (χ0v) is 14.1. The molecule has 132 valence electrons. The molecule has 0 bridgehead atoms. The van der Waals surface area contributed by atoms with Crippen LogP contribution in [0.2, 0.25) is 0 Å². The van der Waals surface area contributed by atoms with E-state index in [1.807, 2.05) is 39.0 Å². The van der Waals surface area contributed by atoms with E-state index in [1.54, 1.807) is 0 Å². The zero-order valence-electron chi connectivity index (χ0n) is 14.1. The molecule has 0 radical (unpaired) electrons. The van der Waals surface area contributed by atoms with Crippen LogP contribution in [-0.4, -0.2) is 26.1 Å². The number of carbonyl (C=O) groups is 1. The second kappa shape index (κ2) is 6.62. The third-order valence-electron chi connectivity index (χ3n) is 3.97. The van der Waals surface area contributed by atoms with Crippen LogP contribution in [0.5, 0.6) is 0 Å². The van der Waals surface area contributed by atoms with Crippen LogP contribution in [-0.2, 0) is 0 Å². The number of carbonyl (C=O) groups excluding carboxylic acids is 1. The topological polar surface area (TPSA) is 86.5 Å². The summed E-state index contributed by atoms with van der Waals surface area (Å²) < 4.78 is 25.3. The summed E-state index contributed by atoms with van der Waals surface area (Å²) in [7, 11) is 0. The Morgan fingerprint density at radius 2 is 2.00 bits per heavy atom. The van der Waals surface area contributed by atoms with Crippen molar-refractivity contribution in [2.24, 2.45) is 5.92 Å². The SMILES string of the molecule is Cc1ccc2nc([C@H](NC(=O)c3cc(C(F)F)[nH]n3)C(C)C)[nH]c2c1. The van der Waals surface area contributed by atoms with Gasteiger partial charge in [-0.25, -0.2) is 13.8 Å². The van der Waals surface area contributed by atoms with Crippen LogP contribution >= 0.6 is 0 Å². The molecule has 8 heteroatoms. The van der Waals surface area contributed by atoms with Gasteiger partial charge in [-0.2, -0.15) is 5.10 Å². The number of hydrogen-bond donors (Lipinski definition) is 3. The lowest BCUT2D eigenvalue weighted by Gasteiger charge is -2.19. The molecule has 25 heavy (non-hydrogen) atoms. The third kappa shape index (κ3) is 3.52. The number of nitrogens with zero attached hydrogens (tertiary/aromatic N) is 2. The van der Waals surface area contributed by atoms with E-state index in [0.717, 1.165) is 22.7 Å². The number of rotatable bonds is 5. The molecule has 1 atom stereocenters. The first-order valence-corrected chi connectivity index (χ1v) is 7.95. The highest BCUT2D eigenvalue weighted by molar-refractivity contribution is 5.92. The number of hydrogen-bond acceptors (Lipinski definition) is 3. The van der Waals surface area contributed by atoms with Crippen LogP contribution in [0.25, 0.3) is 11.0 Å². The number of H-pyrrole nitrogens is 2. The van der Waals surface area contributed by atoms with Crippen LogP contribution in [0.3, 0.4) is 0 Å². The molecule has 2 heterocycles. The highest BCUT2D eigenvalue weighted by Gasteiger charge is 2.24.